The minimum atomic E-state index is 0.0449. The molecule has 0 fully saturated rings. The predicted molar refractivity (Wildman–Crippen MR) is 86.0 cm³/mol. The Morgan fingerprint density at radius 3 is 2.74 bits per heavy atom. The second-order valence-corrected chi connectivity index (χ2v) is 6.16. The number of carbonyl (C=O) groups is 1. The standard InChI is InChI=1S/C18H22N2O3/c1-12-17(13(2)23-19-12)9-18(21)20(3)10-16-8-14-6-4-5-7-15(14)11-22-16/h4-7,16H,8-11H2,1-3H3. The van der Waals surface area contributed by atoms with Gasteiger partial charge in [0.2, 0.25) is 5.91 Å². The summed E-state index contributed by atoms with van der Waals surface area (Å²) in [6.07, 6.45) is 1.21. The van der Waals surface area contributed by atoms with Crippen molar-refractivity contribution >= 4 is 5.91 Å². The molecule has 0 saturated heterocycles. The van der Waals surface area contributed by atoms with Gasteiger partial charge in [0.15, 0.2) is 0 Å². The lowest BCUT2D eigenvalue weighted by atomic mass is 9.99. The van der Waals surface area contributed by atoms with Gasteiger partial charge in [-0.25, -0.2) is 0 Å². The molecule has 0 bridgehead atoms. The van der Waals surface area contributed by atoms with Gasteiger partial charge in [-0.05, 0) is 25.0 Å². The summed E-state index contributed by atoms with van der Waals surface area (Å²) in [5.74, 6) is 0.772. The van der Waals surface area contributed by atoms with Crippen LogP contribution in [0.1, 0.15) is 28.1 Å². The molecule has 1 unspecified atom stereocenters. The zero-order valence-corrected chi connectivity index (χ0v) is 13.8. The normalized spacial score (nSPS) is 16.9. The molecule has 3 rings (SSSR count). The Morgan fingerprint density at radius 2 is 2.04 bits per heavy atom. The summed E-state index contributed by atoms with van der Waals surface area (Å²) in [6.45, 7) is 4.91. The van der Waals surface area contributed by atoms with Gasteiger partial charge in [0.1, 0.15) is 5.76 Å². The summed E-state index contributed by atoms with van der Waals surface area (Å²) in [5, 5.41) is 3.90. The number of aromatic nitrogens is 1. The molecule has 122 valence electrons. The topological polar surface area (TPSA) is 55.6 Å². The minimum absolute atomic E-state index is 0.0449. The van der Waals surface area contributed by atoms with Gasteiger partial charge in [-0.2, -0.15) is 0 Å². The van der Waals surface area contributed by atoms with Crippen molar-refractivity contribution in [1.82, 2.24) is 10.1 Å². The molecule has 0 saturated carbocycles. The number of fused-ring (bicyclic) bond motifs is 1. The third-order valence-electron chi connectivity index (χ3n) is 4.45. The summed E-state index contributed by atoms with van der Waals surface area (Å²) in [4.78, 5) is 14.2. The molecule has 5 heteroatoms. The van der Waals surface area contributed by atoms with E-state index in [0.717, 1.165) is 17.7 Å². The van der Waals surface area contributed by atoms with Gasteiger partial charge in [0.05, 0.1) is 24.8 Å². The number of likely N-dealkylation sites (N-methyl/N-ethyl adjacent to an activating group) is 1. The average molecular weight is 314 g/mol. The Bertz CT molecular complexity index is 689. The third kappa shape index (κ3) is 3.45. The SMILES string of the molecule is Cc1noc(C)c1CC(=O)N(C)CC1Cc2ccccc2CO1. The highest BCUT2D eigenvalue weighted by Gasteiger charge is 2.23. The number of hydrogen-bond donors (Lipinski definition) is 0. The van der Waals surface area contributed by atoms with Crippen LogP contribution < -0.4 is 0 Å². The lowest BCUT2D eigenvalue weighted by Gasteiger charge is -2.29. The molecule has 23 heavy (non-hydrogen) atoms. The van der Waals surface area contributed by atoms with Gasteiger partial charge in [-0.15, -0.1) is 0 Å². The Hall–Kier alpha value is -2.14. The first-order valence-corrected chi connectivity index (χ1v) is 7.88. The molecule has 1 aromatic carbocycles. The summed E-state index contributed by atoms with van der Waals surface area (Å²) in [6, 6.07) is 8.31. The van der Waals surface area contributed by atoms with Crippen LogP contribution >= 0.6 is 0 Å². The lowest BCUT2D eigenvalue weighted by molar-refractivity contribution is -0.131. The number of rotatable bonds is 4. The summed E-state index contributed by atoms with van der Waals surface area (Å²) >= 11 is 0. The molecule has 5 nitrogen and oxygen atoms in total. The molecule has 1 atom stereocenters. The van der Waals surface area contributed by atoms with Gasteiger partial charge >= 0.3 is 0 Å². The number of nitrogens with zero attached hydrogens (tertiary/aromatic N) is 2. The van der Waals surface area contributed by atoms with Crippen molar-refractivity contribution in [2.45, 2.75) is 39.4 Å². The van der Waals surface area contributed by atoms with Gasteiger partial charge in [-0.1, -0.05) is 29.4 Å². The molecule has 2 heterocycles. The largest absolute Gasteiger partial charge is 0.371 e. The Labute approximate surface area is 136 Å². The highest BCUT2D eigenvalue weighted by molar-refractivity contribution is 5.79. The molecule has 0 N–H and O–H groups in total. The van der Waals surface area contributed by atoms with Crippen molar-refractivity contribution in [3.05, 3.63) is 52.4 Å². The van der Waals surface area contributed by atoms with Crippen LogP contribution in [0, 0.1) is 13.8 Å². The van der Waals surface area contributed by atoms with Crippen molar-refractivity contribution in [3.8, 4) is 0 Å². The first-order chi connectivity index (χ1) is 11.0. The molecule has 0 radical (unpaired) electrons. The van der Waals surface area contributed by atoms with Crippen LogP contribution in [-0.4, -0.2) is 35.7 Å². The zero-order chi connectivity index (χ0) is 16.4. The fourth-order valence-electron chi connectivity index (χ4n) is 2.97. The number of aryl methyl sites for hydroxylation is 2. The van der Waals surface area contributed by atoms with Crippen LogP contribution in [0.25, 0.3) is 0 Å². The van der Waals surface area contributed by atoms with E-state index in [2.05, 4.69) is 17.3 Å². The van der Waals surface area contributed by atoms with Crippen LogP contribution in [0.15, 0.2) is 28.8 Å². The third-order valence-corrected chi connectivity index (χ3v) is 4.45. The van der Waals surface area contributed by atoms with E-state index in [-0.39, 0.29) is 12.0 Å². The van der Waals surface area contributed by atoms with E-state index in [4.69, 9.17) is 9.26 Å². The van der Waals surface area contributed by atoms with Gasteiger partial charge in [0.25, 0.3) is 0 Å². The number of hydrogen-bond acceptors (Lipinski definition) is 4. The molecule has 2 aromatic rings. The minimum Gasteiger partial charge on any atom is -0.371 e. The van der Waals surface area contributed by atoms with Crippen molar-refractivity contribution in [3.63, 3.8) is 0 Å². The second kappa shape index (κ2) is 6.54. The van der Waals surface area contributed by atoms with Crippen molar-refractivity contribution < 1.29 is 14.1 Å². The molecule has 1 aliphatic heterocycles. The molecular weight excluding hydrogens is 292 g/mol. The van der Waals surface area contributed by atoms with Crippen LogP contribution in [0.2, 0.25) is 0 Å². The van der Waals surface area contributed by atoms with Crippen LogP contribution in [0.5, 0.6) is 0 Å². The zero-order valence-electron chi connectivity index (χ0n) is 13.8. The highest BCUT2D eigenvalue weighted by atomic mass is 16.5. The fourth-order valence-corrected chi connectivity index (χ4v) is 2.97. The van der Waals surface area contributed by atoms with E-state index in [1.54, 1.807) is 4.90 Å². The molecule has 0 spiro atoms. The lowest BCUT2D eigenvalue weighted by Crippen LogP contribution is -2.39. The molecule has 1 aromatic heterocycles. The molecular formula is C18H22N2O3. The summed E-state index contributed by atoms with van der Waals surface area (Å²) in [5.41, 5.74) is 4.23. The number of ether oxygens (including phenoxy) is 1. The number of benzene rings is 1. The van der Waals surface area contributed by atoms with Crippen molar-refractivity contribution in [2.75, 3.05) is 13.6 Å². The van der Waals surface area contributed by atoms with E-state index in [9.17, 15) is 4.79 Å². The number of amides is 1. The first kappa shape index (κ1) is 15.7. The van der Waals surface area contributed by atoms with E-state index < -0.39 is 0 Å². The van der Waals surface area contributed by atoms with Crippen LogP contribution in [0.4, 0.5) is 0 Å². The van der Waals surface area contributed by atoms with E-state index in [1.807, 2.05) is 33.0 Å². The molecule has 1 amide bonds. The smallest absolute Gasteiger partial charge is 0.227 e. The van der Waals surface area contributed by atoms with E-state index >= 15 is 0 Å². The Balaban J connectivity index is 1.59. The van der Waals surface area contributed by atoms with Crippen molar-refractivity contribution in [1.29, 1.82) is 0 Å². The molecule has 1 aliphatic rings. The fraction of sp³-hybridized carbons (Fsp3) is 0.444. The Kier molecular flexibility index (Phi) is 4.48. The maximum absolute atomic E-state index is 12.4. The second-order valence-electron chi connectivity index (χ2n) is 6.16. The van der Waals surface area contributed by atoms with E-state index in [0.29, 0.717) is 25.3 Å². The highest BCUT2D eigenvalue weighted by Crippen LogP contribution is 2.21. The van der Waals surface area contributed by atoms with Gasteiger partial charge < -0.3 is 14.2 Å². The van der Waals surface area contributed by atoms with E-state index in [1.165, 1.54) is 11.1 Å². The first-order valence-electron chi connectivity index (χ1n) is 7.88. The van der Waals surface area contributed by atoms with Crippen LogP contribution in [0.3, 0.4) is 0 Å². The Morgan fingerprint density at radius 1 is 1.30 bits per heavy atom. The monoisotopic (exact) mass is 314 g/mol. The predicted octanol–water partition coefficient (Wildman–Crippen LogP) is 2.43. The average Bonchev–Trinajstić information content (AvgIpc) is 2.86. The quantitative estimate of drug-likeness (QED) is 0.870. The summed E-state index contributed by atoms with van der Waals surface area (Å²) < 4.78 is 11.0. The van der Waals surface area contributed by atoms with Gasteiger partial charge in [-0.3, -0.25) is 4.79 Å². The van der Waals surface area contributed by atoms with Crippen LogP contribution in [-0.2, 0) is 29.0 Å². The maximum atomic E-state index is 12.4. The van der Waals surface area contributed by atoms with Gasteiger partial charge in [0, 0.05) is 25.6 Å². The van der Waals surface area contributed by atoms with Crippen molar-refractivity contribution in [2.24, 2.45) is 0 Å². The number of carbonyl (C=O) groups excluding carboxylic acids is 1. The maximum Gasteiger partial charge on any atom is 0.227 e. The molecule has 0 aliphatic carbocycles. The summed E-state index contributed by atoms with van der Waals surface area (Å²) in [7, 11) is 1.82.